The molecule has 7 heteroatoms. The molecule has 1 fully saturated rings. The lowest BCUT2D eigenvalue weighted by Gasteiger charge is -2.31. The summed E-state index contributed by atoms with van der Waals surface area (Å²) in [4.78, 5) is 27.3. The summed E-state index contributed by atoms with van der Waals surface area (Å²) in [5, 5.41) is 0. The zero-order valence-electron chi connectivity index (χ0n) is 14.5. The Balaban J connectivity index is 1.99. The summed E-state index contributed by atoms with van der Waals surface area (Å²) in [7, 11) is 0. The first-order chi connectivity index (χ1) is 11.7. The van der Waals surface area contributed by atoms with E-state index in [4.69, 9.17) is 0 Å². The van der Waals surface area contributed by atoms with Crippen LogP contribution in [0.3, 0.4) is 0 Å². The number of alkyl halides is 3. The molecule has 0 spiro atoms. The lowest BCUT2D eigenvalue weighted by Crippen LogP contribution is -2.40. The third-order valence-electron chi connectivity index (χ3n) is 4.57. The van der Waals surface area contributed by atoms with Crippen molar-refractivity contribution in [2.24, 2.45) is 5.92 Å². The van der Waals surface area contributed by atoms with Crippen molar-refractivity contribution in [1.29, 1.82) is 0 Å². The van der Waals surface area contributed by atoms with Crippen LogP contribution in [0.25, 0.3) is 0 Å². The Bertz CT molecular complexity index is 606. The number of carbonyl (C=O) groups excluding carboxylic acids is 2. The number of halogens is 3. The molecule has 1 saturated heterocycles. The van der Waals surface area contributed by atoms with Gasteiger partial charge in [0.2, 0.25) is 11.8 Å². The van der Waals surface area contributed by atoms with Crippen molar-refractivity contribution in [1.82, 2.24) is 4.90 Å². The third-order valence-corrected chi connectivity index (χ3v) is 4.57. The van der Waals surface area contributed by atoms with Crippen LogP contribution in [0.4, 0.5) is 18.9 Å². The first-order valence-electron chi connectivity index (χ1n) is 8.41. The topological polar surface area (TPSA) is 40.6 Å². The number of likely N-dealkylation sites (tertiary alicyclic amines) is 1. The molecule has 0 aliphatic carbocycles. The van der Waals surface area contributed by atoms with E-state index in [1.807, 2.05) is 0 Å². The molecule has 1 aliphatic rings. The first kappa shape index (κ1) is 19.3. The molecule has 0 aromatic heterocycles. The molecule has 0 N–H and O–H groups in total. The van der Waals surface area contributed by atoms with E-state index in [-0.39, 0.29) is 24.8 Å². The van der Waals surface area contributed by atoms with Gasteiger partial charge in [-0.05, 0) is 43.0 Å². The van der Waals surface area contributed by atoms with Crippen molar-refractivity contribution in [3.8, 4) is 0 Å². The number of rotatable bonds is 4. The van der Waals surface area contributed by atoms with Crippen molar-refractivity contribution in [2.45, 2.75) is 39.3 Å². The molecule has 2 rings (SSSR count). The van der Waals surface area contributed by atoms with Crippen LogP contribution in [0.5, 0.6) is 0 Å². The fourth-order valence-corrected chi connectivity index (χ4v) is 2.92. The van der Waals surface area contributed by atoms with Crippen molar-refractivity contribution in [3.05, 3.63) is 29.8 Å². The fraction of sp³-hybridized carbons (Fsp3) is 0.556. The van der Waals surface area contributed by atoms with Crippen molar-refractivity contribution >= 4 is 17.5 Å². The smallest absolute Gasteiger partial charge is 0.343 e. The molecule has 1 heterocycles. The van der Waals surface area contributed by atoms with Crippen molar-refractivity contribution < 1.29 is 22.8 Å². The third kappa shape index (κ3) is 5.21. The molecular formula is C18H23F3N2O2. The van der Waals surface area contributed by atoms with Crippen LogP contribution in [-0.2, 0) is 15.8 Å². The minimum absolute atomic E-state index is 0.0231. The zero-order valence-corrected chi connectivity index (χ0v) is 14.5. The molecule has 25 heavy (non-hydrogen) atoms. The second-order valence-corrected chi connectivity index (χ2v) is 6.53. The average molecular weight is 356 g/mol. The summed E-state index contributed by atoms with van der Waals surface area (Å²) >= 11 is 0. The van der Waals surface area contributed by atoms with Crippen LogP contribution < -0.4 is 4.90 Å². The number of carbonyl (C=O) groups is 2. The van der Waals surface area contributed by atoms with Gasteiger partial charge < -0.3 is 9.80 Å². The van der Waals surface area contributed by atoms with E-state index in [1.165, 1.54) is 24.0 Å². The van der Waals surface area contributed by atoms with Gasteiger partial charge in [0.05, 0.1) is 5.56 Å². The Labute approximate surface area is 145 Å². The highest BCUT2D eigenvalue weighted by atomic mass is 19.4. The van der Waals surface area contributed by atoms with Crippen molar-refractivity contribution in [2.75, 3.05) is 24.5 Å². The lowest BCUT2D eigenvalue weighted by atomic mass is 9.99. The Hall–Kier alpha value is -2.05. The summed E-state index contributed by atoms with van der Waals surface area (Å²) in [6, 6.07) is 4.41. The summed E-state index contributed by atoms with van der Waals surface area (Å²) < 4.78 is 37.9. The van der Waals surface area contributed by atoms with Gasteiger partial charge in [-0.25, -0.2) is 0 Å². The van der Waals surface area contributed by atoms with Gasteiger partial charge in [-0.1, -0.05) is 6.92 Å². The van der Waals surface area contributed by atoms with E-state index in [1.54, 1.807) is 4.90 Å². The van der Waals surface area contributed by atoms with Crippen LogP contribution in [-0.4, -0.2) is 36.3 Å². The molecule has 2 amide bonds. The highest BCUT2D eigenvalue weighted by molar-refractivity contribution is 5.92. The number of anilines is 1. The number of nitrogens with zero attached hydrogens (tertiary/aromatic N) is 2. The average Bonchev–Trinajstić information content (AvgIpc) is 2.55. The van der Waals surface area contributed by atoms with Crippen LogP contribution >= 0.6 is 0 Å². The molecule has 0 bridgehead atoms. The number of piperidine rings is 1. The summed E-state index contributed by atoms with van der Waals surface area (Å²) in [6.07, 6.45) is -2.31. The summed E-state index contributed by atoms with van der Waals surface area (Å²) in [5.41, 5.74) is -0.404. The van der Waals surface area contributed by atoms with Crippen LogP contribution in [0.1, 0.15) is 38.7 Å². The Morgan fingerprint density at radius 2 is 1.72 bits per heavy atom. The largest absolute Gasteiger partial charge is 0.416 e. The van der Waals surface area contributed by atoms with Gasteiger partial charge in [0, 0.05) is 38.7 Å². The molecule has 1 aromatic rings. The Morgan fingerprint density at radius 1 is 1.16 bits per heavy atom. The van der Waals surface area contributed by atoms with Gasteiger partial charge in [-0.3, -0.25) is 9.59 Å². The first-order valence-corrected chi connectivity index (χ1v) is 8.41. The number of hydrogen-bond acceptors (Lipinski definition) is 2. The van der Waals surface area contributed by atoms with Gasteiger partial charge in [-0.15, -0.1) is 0 Å². The van der Waals surface area contributed by atoms with Crippen LogP contribution in [0, 0.1) is 5.92 Å². The van der Waals surface area contributed by atoms with Crippen molar-refractivity contribution in [3.63, 3.8) is 0 Å². The quantitative estimate of drug-likeness (QED) is 0.825. The molecule has 0 atom stereocenters. The Morgan fingerprint density at radius 3 is 2.20 bits per heavy atom. The number of benzene rings is 1. The normalized spacial score (nSPS) is 16.0. The van der Waals surface area contributed by atoms with Gasteiger partial charge in [0.1, 0.15) is 0 Å². The summed E-state index contributed by atoms with van der Waals surface area (Å²) in [5.74, 6) is 0.287. The fourth-order valence-electron chi connectivity index (χ4n) is 2.92. The zero-order chi connectivity index (χ0) is 18.6. The maximum absolute atomic E-state index is 12.6. The minimum Gasteiger partial charge on any atom is -0.343 e. The van der Waals surface area contributed by atoms with Gasteiger partial charge in [0.25, 0.3) is 0 Å². The standard InChI is InChI=1S/C18H23F3N2O2/c1-13-7-10-22(11-8-13)17(25)9-12-23(14(2)24)16-5-3-15(4-6-16)18(19,20)21/h3-6,13H,7-12H2,1-2H3. The van der Waals surface area contributed by atoms with E-state index in [0.29, 0.717) is 11.6 Å². The van der Waals surface area contributed by atoms with E-state index in [0.717, 1.165) is 38.1 Å². The highest BCUT2D eigenvalue weighted by Crippen LogP contribution is 2.30. The minimum atomic E-state index is -4.42. The molecule has 138 valence electrons. The molecule has 4 nitrogen and oxygen atoms in total. The second-order valence-electron chi connectivity index (χ2n) is 6.53. The maximum atomic E-state index is 12.6. The second kappa shape index (κ2) is 7.89. The van der Waals surface area contributed by atoms with E-state index in [9.17, 15) is 22.8 Å². The molecule has 1 aliphatic heterocycles. The Kier molecular flexibility index (Phi) is 6.08. The predicted molar refractivity (Wildman–Crippen MR) is 89.1 cm³/mol. The number of hydrogen-bond donors (Lipinski definition) is 0. The van der Waals surface area contributed by atoms with E-state index in [2.05, 4.69) is 6.92 Å². The molecule has 1 aromatic carbocycles. The highest BCUT2D eigenvalue weighted by Gasteiger charge is 2.30. The molecule has 0 radical (unpaired) electrons. The molecule has 0 unspecified atom stereocenters. The van der Waals surface area contributed by atoms with Gasteiger partial charge in [-0.2, -0.15) is 13.2 Å². The monoisotopic (exact) mass is 356 g/mol. The van der Waals surface area contributed by atoms with Crippen LogP contribution in [0.15, 0.2) is 24.3 Å². The maximum Gasteiger partial charge on any atom is 0.416 e. The molecular weight excluding hydrogens is 333 g/mol. The van der Waals surface area contributed by atoms with Gasteiger partial charge in [0.15, 0.2) is 0 Å². The van der Waals surface area contributed by atoms with Crippen LogP contribution in [0.2, 0.25) is 0 Å². The van der Waals surface area contributed by atoms with E-state index < -0.39 is 11.7 Å². The predicted octanol–water partition coefficient (Wildman–Crippen LogP) is 3.71. The van der Waals surface area contributed by atoms with E-state index >= 15 is 0 Å². The SMILES string of the molecule is CC(=O)N(CCC(=O)N1CCC(C)CC1)c1ccc(C(F)(F)F)cc1. The number of amides is 2. The van der Waals surface area contributed by atoms with Gasteiger partial charge >= 0.3 is 6.18 Å². The summed E-state index contributed by atoms with van der Waals surface area (Å²) in [6.45, 7) is 5.10. The lowest BCUT2D eigenvalue weighted by molar-refractivity contribution is -0.137. The molecule has 0 saturated carbocycles.